The number of hydrogen-bond acceptors (Lipinski definition) is 3. The van der Waals surface area contributed by atoms with Crippen molar-refractivity contribution in [1.29, 1.82) is 0 Å². The molecular weight excluding hydrogens is 212 g/mol. The van der Waals surface area contributed by atoms with E-state index in [0.29, 0.717) is 4.08 Å². The minimum atomic E-state index is 0.581. The van der Waals surface area contributed by atoms with Crippen molar-refractivity contribution in [2.45, 2.75) is 23.8 Å². The summed E-state index contributed by atoms with van der Waals surface area (Å²) in [5, 5.41) is 0. The van der Waals surface area contributed by atoms with Crippen LogP contribution in [0.2, 0.25) is 0 Å². The van der Waals surface area contributed by atoms with E-state index in [1.54, 1.807) is 0 Å². The Morgan fingerprint density at radius 3 is 2.71 bits per heavy atom. The molecule has 0 aromatic carbocycles. The van der Waals surface area contributed by atoms with Gasteiger partial charge < -0.3 is 4.74 Å². The van der Waals surface area contributed by atoms with Gasteiger partial charge in [0.1, 0.15) is 0 Å². The normalized spacial score (nSPS) is 45.6. The average Bonchev–Trinajstić information content (AvgIpc) is 2.73. The fraction of sp³-hybridized carbons (Fsp3) is 1.00. The molecule has 2 aliphatic heterocycles. The van der Waals surface area contributed by atoms with E-state index in [0.717, 1.165) is 31.0 Å². The van der Waals surface area contributed by atoms with Crippen LogP contribution in [0.1, 0.15) is 19.8 Å². The van der Waals surface area contributed by atoms with E-state index in [1.807, 2.05) is 0 Å². The van der Waals surface area contributed by atoms with E-state index in [2.05, 4.69) is 30.4 Å². The molecule has 0 aromatic rings. The van der Waals surface area contributed by atoms with Gasteiger partial charge in [-0.1, -0.05) is 6.92 Å². The van der Waals surface area contributed by atoms with Crippen LogP contribution >= 0.6 is 23.5 Å². The summed E-state index contributed by atoms with van der Waals surface area (Å²) in [5.74, 6) is 5.39. The lowest BCUT2D eigenvalue weighted by atomic mass is 9.94. The number of fused-ring (bicyclic) bond motifs is 1. The summed E-state index contributed by atoms with van der Waals surface area (Å²) in [6.07, 6.45) is 2.82. The molecule has 0 unspecified atom stereocenters. The predicted molar refractivity (Wildman–Crippen MR) is 63.8 cm³/mol. The third kappa shape index (κ3) is 1.35. The highest BCUT2D eigenvalue weighted by Crippen LogP contribution is 2.61. The molecule has 0 bridgehead atoms. The first-order chi connectivity index (χ1) is 6.82. The number of thioether (sulfide) groups is 2. The second-order valence-electron chi connectivity index (χ2n) is 4.82. The fourth-order valence-electron chi connectivity index (χ4n) is 3.23. The van der Waals surface area contributed by atoms with E-state index in [4.69, 9.17) is 4.74 Å². The van der Waals surface area contributed by atoms with Crippen molar-refractivity contribution in [1.82, 2.24) is 0 Å². The van der Waals surface area contributed by atoms with Crippen LogP contribution in [-0.4, -0.2) is 28.8 Å². The molecule has 80 valence electrons. The molecule has 1 aliphatic carbocycles. The van der Waals surface area contributed by atoms with Crippen LogP contribution in [0.25, 0.3) is 0 Å². The minimum Gasteiger partial charge on any atom is -0.381 e. The van der Waals surface area contributed by atoms with Crippen molar-refractivity contribution in [3.8, 4) is 0 Å². The predicted octanol–water partition coefficient (Wildman–Crippen LogP) is 2.86. The average molecular weight is 230 g/mol. The Balaban J connectivity index is 1.81. The van der Waals surface area contributed by atoms with Gasteiger partial charge in [0.15, 0.2) is 0 Å². The summed E-state index contributed by atoms with van der Waals surface area (Å²) in [7, 11) is 0. The van der Waals surface area contributed by atoms with E-state index < -0.39 is 0 Å². The van der Waals surface area contributed by atoms with Crippen molar-refractivity contribution in [3.05, 3.63) is 0 Å². The van der Waals surface area contributed by atoms with Crippen LogP contribution < -0.4 is 0 Å². The number of hydrogen-bond donors (Lipinski definition) is 0. The molecule has 14 heavy (non-hydrogen) atoms. The molecule has 0 aromatic heterocycles. The van der Waals surface area contributed by atoms with E-state index in [1.165, 1.54) is 24.3 Å². The fourth-order valence-corrected chi connectivity index (χ4v) is 7.05. The zero-order valence-electron chi connectivity index (χ0n) is 8.70. The third-order valence-electron chi connectivity index (χ3n) is 4.11. The molecule has 0 N–H and O–H groups in total. The van der Waals surface area contributed by atoms with Gasteiger partial charge >= 0.3 is 0 Å². The largest absolute Gasteiger partial charge is 0.381 e. The highest BCUT2D eigenvalue weighted by molar-refractivity contribution is 8.18. The Morgan fingerprint density at radius 1 is 1.21 bits per heavy atom. The molecule has 3 fully saturated rings. The smallest absolute Gasteiger partial charge is 0.0643 e. The number of rotatable bonds is 0. The third-order valence-corrected chi connectivity index (χ3v) is 7.86. The molecule has 3 rings (SSSR count). The summed E-state index contributed by atoms with van der Waals surface area (Å²) in [5.41, 5.74) is 0. The zero-order valence-corrected chi connectivity index (χ0v) is 10.3. The molecule has 1 nitrogen and oxygen atoms in total. The molecular formula is C11H18OS2. The van der Waals surface area contributed by atoms with Crippen LogP contribution in [0, 0.1) is 17.8 Å². The summed E-state index contributed by atoms with van der Waals surface area (Å²) < 4.78 is 6.18. The molecule has 0 amide bonds. The highest BCUT2D eigenvalue weighted by atomic mass is 32.2. The topological polar surface area (TPSA) is 9.23 Å². The summed E-state index contributed by atoms with van der Waals surface area (Å²) in [6.45, 7) is 4.54. The van der Waals surface area contributed by atoms with Crippen molar-refractivity contribution in [3.63, 3.8) is 0 Å². The van der Waals surface area contributed by atoms with Crippen molar-refractivity contribution in [2.75, 3.05) is 24.7 Å². The molecule has 3 aliphatic rings. The maximum absolute atomic E-state index is 5.60. The first kappa shape index (κ1) is 9.86. The van der Waals surface area contributed by atoms with Crippen molar-refractivity contribution in [2.24, 2.45) is 17.8 Å². The van der Waals surface area contributed by atoms with Crippen LogP contribution in [0.4, 0.5) is 0 Å². The lowest BCUT2D eigenvalue weighted by Crippen LogP contribution is -2.30. The zero-order chi connectivity index (χ0) is 9.60. The Hall–Kier alpha value is 0.660. The lowest BCUT2D eigenvalue weighted by Gasteiger charge is -2.37. The van der Waals surface area contributed by atoms with Crippen LogP contribution in [0.15, 0.2) is 0 Å². The molecule has 1 saturated carbocycles. The Bertz CT molecular complexity index is 225. The monoisotopic (exact) mass is 230 g/mol. The standard InChI is InChI=1S/C11H18OS2/c1-8-10-7-12-6-9(10)5-11(8)13-3-2-4-14-11/h8-10H,2-7H2,1H3/t8-,9-,10-/m1/s1. The Kier molecular flexibility index (Phi) is 2.53. The van der Waals surface area contributed by atoms with Crippen molar-refractivity contribution < 1.29 is 4.74 Å². The first-order valence-corrected chi connectivity index (χ1v) is 7.65. The second-order valence-corrected chi connectivity index (χ2v) is 7.93. The molecule has 0 radical (unpaired) electrons. The SMILES string of the molecule is C[C@@H]1[C@H]2COC[C@H]2CC12SCCCS2. The van der Waals surface area contributed by atoms with Gasteiger partial charge in [-0.25, -0.2) is 0 Å². The van der Waals surface area contributed by atoms with Gasteiger partial charge in [-0.3, -0.25) is 0 Å². The van der Waals surface area contributed by atoms with Gasteiger partial charge in [-0.15, -0.1) is 23.5 Å². The molecule has 3 heteroatoms. The summed E-state index contributed by atoms with van der Waals surface area (Å²) in [4.78, 5) is 0. The van der Waals surface area contributed by atoms with Gasteiger partial charge in [-0.2, -0.15) is 0 Å². The molecule has 2 saturated heterocycles. The number of ether oxygens (including phenoxy) is 1. The quantitative estimate of drug-likeness (QED) is 0.633. The lowest BCUT2D eigenvalue weighted by molar-refractivity contribution is 0.165. The molecule has 2 heterocycles. The maximum Gasteiger partial charge on any atom is 0.0643 e. The van der Waals surface area contributed by atoms with Crippen LogP contribution in [-0.2, 0) is 4.74 Å². The first-order valence-electron chi connectivity index (χ1n) is 5.67. The molecule has 3 atom stereocenters. The van der Waals surface area contributed by atoms with Crippen LogP contribution in [0.5, 0.6) is 0 Å². The Labute approximate surface area is 94.7 Å². The maximum atomic E-state index is 5.60. The summed E-state index contributed by atoms with van der Waals surface area (Å²) >= 11 is 4.49. The van der Waals surface area contributed by atoms with Gasteiger partial charge in [-0.05, 0) is 42.1 Å². The second kappa shape index (κ2) is 3.60. The van der Waals surface area contributed by atoms with Gasteiger partial charge in [0.05, 0.1) is 10.7 Å². The van der Waals surface area contributed by atoms with Crippen molar-refractivity contribution >= 4 is 23.5 Å². The van der Waals surface area contributed by atoms with E-state index in [9.17, 15) is 0 Å². The van der Waals surface area contributed by atoms with Gasteiger partial charge in [0.25, 0.3) is 0 Å². The van der Waals surface area contributed by atoms with E-state index in [-0.39, 0.29) is 0 Å². The molecule has 1 spiro atoms. The van der Waals surface area contributed by atoms with Gasteiger partial charge in [0, 0.05) is 6.61 Å². The summed E-state index contributed by atoms with van der Waals surface area (Å²) in [6, 6.07) is 0. The van der Waals surface area contributed by atoms with Gasteiger partial charge in [0.2, 0.25) is 0 Å². The Morgan fingerprint density at radius 2 is 2.00 bits per heavy atom. The van der Waals surface area contributed by atoms with Crippen LogP contribution in [0.3, 0.4) is 0 Å². The highest BCUT2D eigenvalue weighted by Gasteiger charge is 2.54. The minimum absolute atomic E-state index is 0.581. The van der Waals surface area contributed by atoms with E-state index >= 15 is 0 Å².